The Bertz CT molecular complexity index is 2120. The van der Waals surface area contributed by atoms with Gasteiger partial charge in [0.1, 0.15) is 5.82 Å². The van der Waals surface area contributed by atoms with Gasteiger partial charge in [0.05, 0.1) is 35.5 Å². The summed E-state index contributed by atoms with van der Waals surface area (Å²) in [6.45, 7) is 0. The number of nitriles is 1. The molecule has 0 aliphatic rings. The van der Waals surface area contributed by atoms with E-state index in [1.165, 1.54) is 43.3 Å². The van der Waals surface area contributed by atoms with Crippen LogP contribution >= 0.6 is 23.5 Å². The van der Waals surface area contributed by atoms with Crippen LogP contribution in [0.15, 0.2) is 114 Å². The van der Waals surface area contributed by atoms with Crippen molar-refractivity contribution in [3.8, 4) is 39.6 Å². The monoisotopic (exact) mass is 638 g/mol. The van der Waals surface area contributed by atoms with Crippen LogP contribution in [0.1, 0.15) is 27.9 Å². The second-order valence-electron chi connectivity index (χ2n) is 10.1. The molecule has 45 heavy (non-hydrogen) atoms. The topological polar surface area (TPSA) is 55.0 Å². The molecule has 0 spiro atoms. The zero-order valence-electron chi connectivity index (χ0n) is 23.6. The first kappa shape index (κ1) is 30.1. The fourth-order valence-electron chi connectivity index (χ4n) is 5.27. The molecule has 1 aromatic heterocycles. The molecule has 0 radical (unpaired) electrons. The molecule has 9 heteroatoms. The van der Waals surface area contributed by atoms with Crippen LogP contribution in [0.25, 0.3) is 44.4 Å². The lowest BCUT2D eigenvalue weighted by Gasteiger charge is -2.15. The zero-order chi connectivity index (χ0) is 31.7. The van der Waals surface area contributed by atoms with Crippen molar-refractivity contribution in [3.63, 3.8) is 0 Å². The number of benzene rings is 5. The lowest BCUT2D eigenvalue weighted by atomic mass is 9.93. The molecule has 0 bridgehead atoms. The van der Waals surface area contributed by atoms with Crippen molar-refractivity contribution in [3.05, 3.63) is 137 Å². The van der Waals surface area contributed by atoms with E-state index in [0.717, 1.165) is 11.1 Å². The van der Waals surface area contributed by atoms with Gasteiger partial charge in [-0.25, -0.2) is 18.0 Å². The Labute approximate surface area is 266 Å². The van der Waals surface area contributed by atoms with E-state index in [0.29, 0.717) is 54.3 Å². The predicted octanol–water partition coefficient (Wildman–Crippen LogP) is 10.6. The Morgan fingerprint density at radius 1 is 0.889 bits per heavy atom. The second-order valence-corrected chi connectivity index (χ2v) is 11.5. The second kappa shape index (κ2) is 12.6. The van der Waals surface area contributed by atoms with Gasteiger partial charge in [-0.2, -0.15) is 5.26 Å². The molecule has 5 aromatic carbocycles. The van der Waals surface area contributed by atoms with Crippen LogP contribution in [0.2, 0.25) is 5.02 Å². The number of aromatic nitrogens is 1. The standard InChI is InChI=1S/C36H22ClF3N2O2S/c1-44-36(43)24-11-15-28(31(37)18-24)22-6-4-7-23(17-22)34-33(29-8-3-2-5-25(29)20-41)30-19-26(38)12-16-32(30)42(34)45-27-13-9-21(10-14-27)35(39)40/h2-19,35H,1H3. The predicted molar refractivity (Wildman–Crippen MR) is 172 cm³/mol. The normalized spacial score (nSPS) is 11.1. The van der Waals surface area contributed by atoms with Crippen molar-refractivity contribution >= 4 is 40.4 Å². The number of esters is 1. The van der Waals surface area contributed by atoms with E-state index in [4.69, 9.17) is 16.3 Å². The van der Waals surface area contributed by atoms with Crippen LogP contribution in [-0.2, 0) is 4.74 Å². The molecule has 0 amide bonds. The third kappa shape index (κ3) is 5.80. The van der Waals surface area contributed by atoms with Gasteiger partial charge in [0.25, 0.3) is 6.43 Å². The maximum Gasteiger partial charge on any atom is 0.337 e. The molecule has 0 unspecified atom stereocenters. The van der Waals surface area contributed by atoms with Crippen molar-refractivity contribution < 1.29 is 22.7 Å². The third-order valence-electron chi connectivity index (χ3n) is 7.37. The Kier molecular flexibility index (Phi) is 8.40. The van der Waals surface area contributed by atoms with Gasteiger partial charge in [0.15, 0.2) is 0 Å². The number of nitrogens with zero attached hydrogens (tertiary/aromatic N) is 2. The van der Waals surface area contributed by atoms with Crippen LogP contribution in [-0.4, -0.2) is 17.1 Å². The van der Waals surface area contributed by atoms with Crippen LogP contribution in [0.5, 0.6) is 0 Å². The van der Waals surface area contributed by atoms with Crippen molar-refractivity contribution in [2.45, 2.75) is 11.3 Å². The van der Waals surface area contributed by atoms with Crippen molar-refractivity contribution in [1.29, 1.82) is 5.26 Å². The molecule has 0 N–H and O–H groups in total. The van der Waals surface area contributed by atoms with E-state index in [-0.39, 0.29) is 5.56 Å². The van der Waals surface area contributed by atoms with E-state index < -0.39 is 18.2 Å². The highest BCUT2D eigenvalue weighted by molar-refractivity contribution is 7.98. The largest absolute Gasteiger partial charge is 0.465 e. The molecule has 0 aliphatic carbocycles. The summed E-state index contributed by atoms with van der Waals surface area (Å²) in [4.78, 5) is 12.7. The van der Waals surface area contributed by atoms with Gasteiger partial charge in [-0.3, -0.25) is 3.97 Å². The number of fused-ring (bicyclic) bond motifs is 1. The minimum atomic E-state index is -2.60. The summed E-state index contributed by atoms with van der Waals surface area (Å²) >= 11 is 7.93. The zero-order valence-corrected chi connectivity index (χ0v) is 25.2. The number of carbonyl (C=O) groups excluding carboxylic acids is 1. The van der Waals surface area contributed by atoms with Gasteiger partial charge in [-0.15, -0.1) is 0 Å². The number of alkyl halides is 2. The highest BCUT2D eigenvalue weighted by Crippen LogP contribution is 2.46. The summed E-state index contributed by atoms with van der Waals surface area (Å²) < 4.78 is 48.2. The van der Waals surface area contributed by atoms with Crippen molar-refractivity contribution in [2.75, 3.05) is 7.11 Å². The lowest BCUT2D eigenvalue weighted by molar-refractivity contribution is 0.0600. The van der Waals surface area contributed by atoms with Crippen LogP contribution < -0.4 is 0 Å². The molecular weight excluding hydrogens is 617 g/mol. The van der Waals surface area contributed by atoms with Crippen LogP contribution in [0.3, 0.4) is 0 Å². The molecule has 6 rings (SSSR count). The van der Waals surface area contributed by atoms with Crippen molar-refractivity contribution in [2.24, 2.45) is 0 Å². The van der Waals surface area contributed by atoms with E-state index in [9.17, 15) is 23.2 Å². The molecule has 6 aromatic rings. The molecule has 0 atom stereocenters. The van der Waals surface area contributed by atoms with Gasteiger partial charge in [0.2, 0.25) is 0 Å². The number of methoxy groups -OCH3 is 1. The quantitative estimate of drug-likeness (QED) is 0.163. The lowest BCUT2D eigenvalue weighted by Crippen LogP contribution is -2.00. The molecule has 1 heterocycles. The average molecular weight is 639 g/mol. The molecule has 0 saturated carbocycles. The first-order valence-corrected chi connectivity index (χ1v) is 14.8. The smallest absolute Gasteiger partial charge is 0.337 e. The Morgan fingerprint density at radius 2 is 1.64 bits per heavy atom. The molecule has 222 valence electrons. The van der Waals surface area contributed by atoms with Gasteiger partial charge >= 0.3 is 5.97 Å². The first-order valence-electron chi connectivity index (χ1n) is 13.7. The van der Waals surface area contributed by atoms with Crippen LogP contribution in [0, 0.1) is 17.1 Å². The fourth-order valence-corrected chi connectivity index (χ4v) is 6.57. The van der Waals surface area contributed by atoms with Gasteiger partial charge in [-0.1, -0.05) is 66.2 Å². The van der Waals surface area contributed by atoms with Gasteiger partial charge in [-0.05, 0) is 72.1 Å². The Balaban J connectivity index is 1.62. The minimum Gasteiger partial charge on any atom is -0.465 e. The number of halogens is 4. The van der Waals surface area contributed by atoms with E-state index in [1.807, 2.05) is 40.4 Å². The van der Waals surface area contributed by atoms with Gasteiger partial charge in [0, 0.05) is 43.1 Å². The summed E-state index contributed by atoms with van der Waals surface area (Å²) in [5.74, 6) is -0.951. The molecule has 4 nitrogen and oxygen atoms in total. The SMILES string of the molecule is COC(=O)c1ccc(-c2cccc(-c3c(-c4ccccc4C#N)c4cc(F)ccc4n3Sc3ccc(C(F)F)cc3)c2)c(Cl)c1. The van der Waals surface area contributed by atoms with Crippen molar-refractivity contribution in [1.82, 2.24) is 3.97 Å². The third-order valence-corrected chi connectivity index (χ3v) is 8.73. The Morgan fingerprint density at radius 3 is 2.36 bits per heavy atom. The summed E-state index contributed by atoms with van der Waals surface area (Å²) in [7, 11) is 1.30. The summed E-state index contributed by atoms with van der Waals surface area (Å²) in [6.07, 6.45) is -2.60. The Hall–Kier alpha value is -4.97. The molecule has 0 saturated heterocycles. The number of hydrogen-bond acceptors (Lipinski definition) is 4. The number of carbonyl (C=O) groups is 1. The average Bonchev–Trinajstić information content (AvgIpc) is 3.37. The van der Waals surface area contributed by atoms with E-state index in [1.54, 1.807) is 48.5 Å². The molecule has 0 fully saturated rings. The van der Waals surface area contributed by atoms with Gasteiger partial charge < -0.3 is 4.74 Å². The summed E-state index contributed by atoms with van der Waals surface area (Å²) in [5, 5.41) is 11.0. The fraction of sp³-hybridized carbons (Fsp3) is 0.0556. The highest BCUT2D eigenvalue weighted by atomic mass is 35.5. The molecule has 0 aliphatic heterocycles. The summed E-state index contributed by atoms with van der Waals surface area (Å²) in [6, 6.07) is 32.3. The first-order chi connectivity index (χ1) is 21.8. The maximum atomic E-state index is 14.9. The highest BCUT2D eigenvalue weighted by Gasteiger charge is 2.24. The van der Waals surface area contributed by atoms with Crippen LogP contribution in [0.4, 0.5) is 13.2 Å². The number of hydrogen-bond donors (Lipinski definition) is 0. The van der Waals surface area contributed by atoms with E-state index in [2.05, 4.69) is 6.07 Å². The summed E-state index contributed by atoms with van der Waals surface area (Å²) in [5.41, 5.74) is 5.39. The van der Waals surface area contributed by atoms with E-state index >= 15 is 0 Å². The minimum absolute atomic E-state index is 0.0922. The number of rotatable bonds is 7. The maximum absolute atomic E-state index is 14.9. The molecular formula is C36H22ClF3N2O2S. The number of ether oxygens (including phenoxy) is 1.